The Bertz CT molecular complexity index is 5080. The Morgan fingerprint density at radius 1 is 0.714 bits per heavy atom. The Kier molecular flexibility index (Phi) is 27.5. The number of fused-ring (bicyclic) bond motifs is 5. The normalized spacial score (nSPS) is 17.3. The molecule has 0 spiro atoms. The number of nitrogens with two attached hydrogens (primary N) is 1. The van der Waals surface area contributed by atoms with E-state index in [0.717, 1.165) is 35.7 Å². The number of rotatable bonds is 33. The summed E-state index contributed by atoms with van der Waals surface area (Å²) in [5.74, 6) is -9.14. The number of hydrogen-bond donors (Lipinski definition) is 7. The summed E-state index contributed by atoms with van der Waals surface area (Å²) in [5.41, 5.74) is 7.55. The molecule has 1 aliphatic carbocycles. The molecule has 5 aromatic carbocycles. The number of benzene rings is 5. The van der Waals surface area contributed by atoms with E-state index in [2.05, 4.69) is 26.6 Å². The van der Waals surface area contributed by atoms with Crippen LogP contribution in [0.15, 0.2) is 121 Å². The number of ether oxygens (including phenoxy) is 8. The number of aliphatic hydroxyl groups is 1. The minimum Gasteiger partial charge on any atom is -0.485 e. The fourth-order valence-corrected chi connectivity index (χ4v) is 16.7. The van der Waals surface area contributed by atoms with Crippen molar-refractivity contribution in [1.82, 2.24) is 40.6 Å². The molecule has 7 aromatic rings. The molecule has 1 unspecified atom stereocenters. The minimum absolute atomic E-state index is 0.00941. The van der Waals surface area contributed by atoms with E-state index < -0.39 is 118 Å². The molecule has 2 aromatic heterocycles. The van der Waals surface area contributed by atoms with Crippen molar-refractivity contribution in [1.29, 1.82) is 0 Å². The maximum atomic E-state index is 15.9. The molecule has 0 bridgehead atoms. The molecular formula is C83H88F3N11O20S2. The summed E-state index contributed by atoms with van der Waals surface area (Å²) in [7, 11) is 0. The minimum atomic E-state index is -2.07. The van der Waals surface area contributed by atoms with Gasteiger partial charge in [0.1, 0.15) is 44.3 Å². The maximum absolute atomic E-state index is 15.9. The van der Waals surface area contributed by atoms with Crippen LogP contribution in [0.25, 0.3) is 22.3 Å². The number of imide groups is 1. The standard InChI is InChI=1S/C83H88F3N11O20S2/c1-5-83(109)57-39-64-69-55(41-96(64)77(103)56(57)43-116-80(83)106)67-61(21-20-54-46(4)58(84)40-63(90-69)66(54)67)92-82(108)117-42-47-8-14-50(15-9-47)89-73(99)62(7-6-22-88-81(87)107)91-74(100)68(45(2)3)93-65(98)44-114-34-33-112-31-32-113-35-36-115-70-59(85)37-51(38-60(70)86)97-78(104)71(118-52-16-10-48(11-17-52)75(101)94-23-27-110-28-24-94)72(79(97)105)119-53-18-12-49(13-19-53)76(102)95-25-29-111-30-26-95/h8-19,37-40,45,61-62,68,109H,5-7,20-36,41-44H2,1-4H3,(H,89,99)(H,91,100)(H,92,108)(H,93,98)(H3,87,88,107)/t61-,62?,68-,83-/m0/s1. The van der Waals surface area contributed by atoms with Gasteiger partial charge in [-0.05, 0) is 134 Å². The number of morpholine rings is 2. The summed E-state index contributed by atoms with van der Waals surface area (Å²) in [6.45, 7) is 8.65. The van der Waals surface area contributed by atoms with Gasteiger partial charge < -0.3 is 89.7 Å². The number of aromatic nitrogens is 2. The van der Waals surface area contributed by atoms with E-state index >= 15 is 13.2 Å². The number of nitrogens with zero attached hydrogens (tertiary/aromatic N) is 5. The average molecular weight is 1680 g/mol. The molecule has 628 valence electrons. The number of hydrogen-bond acceptors (Lipinski definition) is 23. The summed E-state index contributed by atoms with van der Waals surface area (Å²) in [6.07, 6.45) is 0.102. The van der Waals surface area contributed by atoms with Crippen molar-refractivity contribution in [2.75, 3.05) is 116 Å². The van der Waals surface area contributed by atoms with Gasteiger partial charge in [0.25, 0.3) is 29.2 Å². The highest BCUT2D eigenvalue weighted by molar-refractivity contribution is 8.08. The molecule has 7 heterocycles. The molecule has 10 amide bonds. The number of carbonyl (C=O) groups excluding carboxylic acids is 10. The van der Waals surface area contributed by atoms with Crippen LogP contribution in [-0.2, 0) is 93.7 Å². The molecule has 4 atom stereocenters. The van der Waals surface area contributed by atoms with Crippen molar-refractivity contribution >= 4 is 105 Å². The first-order valence-electron chi connectivity index (χ1n) is 38.8. The number of cyclic esters (lactones) is 1. The second-order valence-corrected chi connectivity index (χ2v) is 31.3. The van der Waals surface area contributed by atoms with E-state index in [9.17, 15) is 57.8 Å². The van der Waals surface area contributed by atoms with Gasteiger partial charge in [-0.15, -0.1) is 0 Å². The Hall–Kier alpha value is -11.3. The Morgan fingerprint density at radius 2 is 1.30 bits per heavy atom. The van der Waals surface area contributed by atoms with E-state index in [-0.39, 0.29) is 118 Å². The van der Waals surface area contributed by atoms with Crippen molar-refractivity contribution < 1.29 is 104 Å². The second-order valence-electron chi connectivity index (χ2n) is 29.1. The van der Waals surface area contributed by atoms with Gasteiger partial charge in [-0.2, -0.15) is 0 Å². The van der Waals surface area contributed by atoms with Gasteiger partial charge >= 0.3 is 18.1 Å². The fourth-order valence-electron chi connectivity index (χ4n) is 14.7. The molecular weight excluding hydrogens is 1590 g/mol. The maximum Gasteiger partial charge on any atom is 0.407 e. The van der Waals surface area contributed by atoms with Gasteiger partial charge in [0.15, 0.2) is 23.0 Å². The van der Waals surface area contributed by atoms with Gasteiger partial charge in [0, 0.05) is 94.0 Å². The van der Waals surface area contributed by atoms with Gasteiger partial charge in [-0.3, -0.25) is 38.4 Å². The lowest BCUT2D eigenvalue weighted by Crippen LogP contribution is -2.55. The molecule has 13 rings (SSSR count). The molecule has 0 radical (unpaired) electrons. The molecule has 6 aliphatic rings. The zero-order valence-corrected chi connectivity index (χ0v) is 67.1. The number of halogens is 3. The predicted octanol–water partition coefficient (Wildman–Crippen LogP) is 7.47. The van der Waals surface area contributed by atoms with E-state index in [1.54, 1.807) is 116 Å². The highest BCUT2D eigenvalue weighted by Gasteiger charge is 2.47. The highest BCUT2D eigenvalue weighted by atomic mass is 32.2. The molecule has 5 aliphatic heterocycles. The Balaban J connectivity index is 0.545. The molecule has 2 fully saturated rings. The third kappa shape index (κ3) is 19.4. The number of esters is 1. The molecule has 8 N–H and O–H groups in total. The van der Waals surface area contributed by atoms with Gasteiger partial charge in [-0.25, -0.2) is 37.4 Å². The van der Waals surface area contributed by atoms with Crippen LogP contribution in [0, 0.1) is 30.3 Å². The van der Waals surface area contributed by atoms with Crippen LogP contribution in [0.3, 0.4) is 0 Å². The number of primary amides is 1. The number of anilines is 2. The topological polar surface area (TPSA) is 396 Å². The van der Waals surface area contributed by atoms with E-state index in [1.165, 1.54) is 10.6 Å². The van der Waals surface area contributed by atoms with Crippen LogP contribution >= 0.6 is 23.5 Å². The number of amides is 10. The van der Waals surface area contributed by atoms with Crippen molar-refractivity contribution in [3.8, 4) is 17.1 Å². The smallest absolute Gasteiger partial charge is 0.407 e. The largest absolute Gasteiger partial charge is 0.485 e. The quantitative estimate of drug-likeness (QED) is 0.0119. The lowest BCUT2D eigenvalue weighted by Gasteiger charge is -2.31. The number of aryl methyl sites for hydroxylation is 1. The number of pyridine rings is 2. The summed E-state index contributed by atoms with van der Waals surface area (Å²) in [5, 5.41) is 25.7. The van der Waals surface area contributed by atoms with Crippen LogP contribution in [0.2, 0.25) is 0 Å². The van der Waals surface area contributed by atoms with Crippen molar-refractivity contribution in [2.24, 2.45) is 11.7 Å². The number of thioether (sulfide) groups is 2. The average Bonchev–Trinajstić information content (AvgIpc) is 1.59. The third-order valence-electron chi connectivity index (χ3n) is 21.1. The van der Waals surface area contributed by atoms with Crippen molar-refractivity contribution in [3.63, 3.8) is 0 Å². The first-order chi connectivity index (χ1) is 57.3. The van der Waals surface area contributed by atoms with Crippen LogP contribution in [-0.4, -0.2) is 201 Å². The predicted molar refractivity (Wildman–Crippen MR) is 426 cm³/mol. The third-order valence-corrected chi connectivity index (χ3v) is 23.4. The number of alkyl carbamates (subject to hydrolysis) is 1. The van der Waals surface area contributed by atoms with Crippen LogP contribution < -0.4 is 47.5 Å². The SMILES string of the molecule is CC[C@@]1(O)C(=O)OCc2c1cc1n(c2=O)Cc2c-1nc1cc(F)c(C)c3c1c2[C@@H](NC(=O)OCc1ccc(NC(=O)C(CCCNC(N)=O)NC(=O)[C@@H](NC(=O)COCCOCCOCCOc2c(F)cc(N4C(=O)C(Sc5ccc(C(=O)N6CCOCC6)cc5)=C(Sc5ccc(C(=O)N6CCOCC6)cc5)C4=O)cc2F)C(C)C)cc1)CC3. The summed E-state index contributed by atoms with van der Waals surface area (Å²) >= 11 is 1.89. The Morgan fingerprint density at radius 3 is 1.88 bits per heavy atom. The fraction of sp³-hybridized carbons (Fsp3) is 0.398. The van der Waals surface area contributed by atoms with Gasteiger partial charge in [0.05, 0.1) is 110 Å². The van der Waals surface area contributed by atoms with Crippen LogP contribution in [0.4, 0.5) is 34.1 Å². The van der Waals surface area contributed by atoms with E-state index in [4.69, 9.17) is 48.6 Å². The van der Waals surface area contributed by atoms with E-state index in [1.807, 2.05) is 0 Å². The second kappa shape index (κ2) is 38.2. The summed E-state index contributed by atoms with van der Waals surface area (Å²) < 4.78 is 92.5. The van der Waals surface area contributed by atoms with Gasteiger partial charge in [0.2, 0.25) is 17.7 Å². The van der Waals surface area contributed by atoms with Gasteiger partial charge in [-0.1, -0.05) is 56.4 Å². The van der Waals surface area contributed by atoms with Crippen LogP contribution in [0.5, 0.6) is 5.75 Å². The number of urea groups is 1. The monoisotopic (exact) mass is 1680 g/mol. The summed E-state index contributed by atoms with van der Waals surface area (Å²) in [4.78, 5) is 158. The first-order valence-corrected chi connectivity index (χ1v) is 40.5. The molecule has 0 saturated carbocycles. The molecule has 31 nitrogen and oxygen atoms in total. The number of nitrogens with one attached hydrogen (secondary N) is 5. The van der Waals surface area contributed by atoms with E-state index in [0.29, 0.717) is 147 Å². The zero-order valence-electron chi connectivity index (χ0n) is 65.5. The zero-order chi connectivity index (χ0) is 84.3. The molecule has 36 heteroatoms. The van der Waals surface area contributed by atoms with Crippen molar-refractivity contribution in [3.05, 3.63) is 185 Å². The first kappa shape index (κ1) is 85.6. The number of carbonyl (C=O) groups is 10. The molecule has 119 heavy (non-hydrogen) atoms. The lowest BCUT2D eigenvalue weighted by molar-refractivity contribution is -0.172. The summed E-state index contributed by atoms with van der Waals surface area (Å²) in [6, 6.07) is 20.0. The van der Waals surface area contributed by atoms with Crippen LogP contribution in [0.1, 0.15) is 112 Å². The lowest BCUT2D eigenvalue weighted by atomic mass is 9.81. The van der Waals surface area contributed by atoms with Crippen molar-refractivity contribution in [2.45, 2.75) is 113 Å². The highest BCUT2D eigenvalue weighted by Crippen LogP contribution is 2.48. The molecule has 2 saturated heterocycles. The Labute approximate surface area is 688 Å².